The fraction of sp³-hybridized carbons (Fsp3) is 0.933. The molecule has 1 saturated carbocycles. The van der Waals surface area contributed by atoms with Gasteiger partial charge in [0, 0.05) is 25.2 Å². The molecule has 0 amide bonds. The summed E-state index contributed by atoms with van der Waals surface area (Å²) in [6.45, 7) is 11.4. The Morgan fingerprint density at radius 1 is 1.50 bits per heavy atom. The zero-order valence-corrected chi connectivity index (χ0v) is 13.3. The van der Waals surface area contributed by atoms with Crippen molar-refractivity contribution >= 4 is 5.97 Å². The van der Waals surface area contributed by atoms with Crippen LogP contribution in [-0.2, 0) is 9.53 Å². The van der Waals surface area contributed by atoms with Crippen LogP contribution in [0.15, 0.2) is 0 Å². The highest BCUT2D eigenvalue weighted by Crippen LogP contribution is 2.34. The first-order valence-electron chi connectivity index (χ1n) is 7.78. The predicted molar refractivity (Wildman–Crippen MR) is 80.0 cm³/mol. The lowest BCUT2D eigenvalue weighted by molar-refractivity contribution is -0.145. The third kappa shape index (κ3) is 4.43. The minimum atomic E-state index is -0.752. The van der Waals surface area contributed by atoms with E-state index >= 15 is 0 Å². The largest absolute Gasteiger partial charge is 0.480 e. The number of carboxylic acid groups (broad SMARTS) is 1. The van der Waals surface area contributed by atoms with E-state index in [1.807, 2.05) is 20.8 Å². The van der Waals surface area contributed by atoms with E-state index in [9.17, 15) is 9.90 Å². The first kappa shape index (κ1) is 17.4. The number of hydrogen-bond acceptors (Lipinski definition) is 4. The third-order valence-electron chi connectivity index (χ3n) is 4.11. The first-order valence-corrected chi connectivity index (χ1v) is 7.78. The van der Waals surface area contributed by atoms with Crippen molar-refractivity contribution in [1.82, 2.24) is 10.2 Å². The Labute approximate surface area is 122 Å². The van der Waals surface area contributed by atoms with Gasteiger partial charge in [0.15, 0.2) is 0 Å². The molecule has 20 heavy (non-hydrogen) atoms. The molecule has 1 aliphatic rings. The van der Waals surface area contributed by atoms with Crippen molar-refractivity contribution < 1.29 is 14.6 Å². The maximum Gasteiger partial charge on any atom is 0.323 e. The van der Waals surface area contributed by atoms with E-state index in [0.29, 0.717) is 18.9 Å². The zero-order chi connectivity index (χ0) is 15.2. The number of hydrogen-bond donors (Lipinski definition) is 2. The van der Waals surface area contributed by atoms with Crippen molar-refractivity contribution in [2.45, 2.75) is 64.6 Å². The molecule has 5 heteroatoms. The summed E-state index contributed by atoms with van der Waals surface area (Å²) in [5.74, 6) is -0.713. The van der Waals surface area contributed by atoms with Crippen LogP contribution in [0.4, 0.5) is 0 Å². The summed E-state index contributed by atoms with van der Waals surface area (Å²) < 4.78 is 5.42. The lowest BCUT2D eigenvalue weighted by atomic mass is 9.96. The maximum absolute atomic E-state index is 11.7. The number of nitrogens with zero attached hydrogens (tertiary/aromatic N) is 1. The van der Waals surface area contributed by atoms with Crippen LogP contribution in [-0.4, -0.2) is 59.9 Å². The van der Waals surface area contributed by atoms with Crippen LogP contribution < -0.4 is 5.32 Å². The Morgan fingerprint density at radius 2 is 2.20 bits per heavy atom. The molecule has 0 aromatic heterocycles. The molecule has 0 aromatic rings. The van der Waals surface area contributed by atoms with Gasteiger partial charge in [0.05, 0.1) is 6.61 Å². The van der Waals surface area contributed by atoms with E-state index < -0.39 is 11.5 Å². The Hall–Kier alpha value is -0.650. The SMILES string of the molecule is CCOCCN(CC)C1CCC(NC(C)C)(C(=O)O)C1. The Balaban J connectivity index is 2.63. The van der Waals surface area contributed by atoms with Crippen molar-refractivity contribution in [3.63, 3.8) is 0 Å². The van der Waals surface area contributed by atoms with Crippen LogP contribution in [0.1, 0.15) is 47.0 Å². The van der Waals surface area contributed by atoms with Gasteiger partial charge in [-0.3, -0.25) is 15.0 Å². The second-order valence-electron chi connectivity index (χ2n) is 5.91. The predicted octanol–water partition coefficient (Wildman–Crippen LogP) is 1.72. The van der Waals surface area contributed by atoms with Crippen LogP contribution in [0.3, 0.4) is 0 Å². The third-order valence-corrected chi connectivity index (χ3v) is 4.11. The summed E-state index contributed by atoms with van der Waals surface area (Å²) >= 11 is 0. The summed E-state index contributed by atoms with van der Waals surface area (Å²) in [6, 6.07) is 0.520. The van der Waals surface area contributed by atoms with E-state index in [1.165, 1.54) is 0 Å². The minimum absolute atomic E-state index is 0.184. The topological polar surface area (TPSA) is 61.8 Å². The van der Waals surface area contributed by atoms with Gasteiger partial charge in [-0.2, -0.15) is 0 Å². The number of aliphatic carboxylic acids is 1. The van der Waals surface area contributed by atoms with E-state index in [0.717, 1.165) is 32.7 Å². The van der Waals surface area contributed by atoms with Crippen molar-refractivity contribution in [1.29, 1.82) is 0 Å². The molecule has 1 rings (SSSR count). The van der Waals surface area contributed by atoms with Gasteiger partial charge in [-0.25, -0.2) is 0 Å². The number of likely N-dealkylation sites (N-methyl/N-ethyl adjacent to an activating group) is 1. The minimum Gasteiger partial charge on any atom is -0.480 e. The lowest BCUT2D eigenvalue weighted by Gasteiger charge is -2.31. The molecule has 1 aliphatic carbocycles. The van der Waals surface area contributed by atoms with Crippen LogP contribution in [0, 0.1) is 0 Å². The number of carbonyl (C=O) groups is 1. The number of carboxylic acids is 1. The molecule has 118 valence electrons. The quantitative estimate of drug-likeness (QED) is 0.632. The highest BCUT2D eigenvalue weighted by Gasteiger charge is 2.46. The average molecular weight is 286 g/mol. The Morgan fingerprint density at radius 3 is 2.70 bits per heavy atom. The van der Waals surface area contributed by atoms with Crippen LogP contribution in [0.2, 0.25) is 0 Å². The van der Waals surface area contributed by atoms with Gasteiger partial charge in [-0.1, -0.05) is 6.92 Å². The number of rotatable bonds is 9. The molecule has 0 heterocycles. The number of nitrogens with one attached hydrogen (secondary N) is 1. The van der Waals surface area contributed by atoms with Crippen molar-refractivity contribution in [2.24, 2.45) is 0 Å². The van der Waals surface area contributed by atoms with E-state index in [1.54, 1.807) is 0 Å². The van der Waals surface area contributed by atoms with E-state index in [4.69, 9.17) is 4.74 Å². The van der Waals surface area contributed by atoms with Crippen LogP contribution >= 0.6 is 0 Å². The summed E-state index contributed by atoms with van der Waals surface area (Å²) in [5.41, 5.74) is -0.752. The monoisotopic (exact) mass is 286 g/mol. The van der Waals surface area contributed by atoms with E-state index in [-0.39, 0.29) is 6.04 Å². The number of ether oxygens (including phenoxy) is 1. The van der Waals surface area contributed by atoms with Crippen LogP contribution in [0.5, 0.6) is 0 Å². The summed E-state index contributed by atoms with van der Waals surface area (Å²) in [5, 5.41) is 12.9. The summed E-state index contributed by atoms with van der Waals surface area (Å²) in [7, 11) is 0. The fourth-order valence-corrected chi connectivity index (χ4v) is 3.20. The molecule has 0 bridgehead atoms. The van der Waals surface area contributed by atoms with Gasteiger partial charge in [0.25, 0.3) is 0 Å². The Bertz CT molecular complexity index is 309. The zero-order valence-electron chi connectivity index (χ0n) is 13.3. The van der Waals surface area contributed by atoms with Gasteiger partial charge < -0.3 is 9.84 Å². The van der Waals surface area contributed by atoms with Crippen LogP contribution in [0.25, 0.3) is 0 Å². The lowest BCUT2D eigenvalue weighted by Crippen LogP contribution is -2.54. The summed E-state index contributed by atoms with van der Waals surface area (Å²) in [6.07, 6.45) is 2.32. The normalized spacial score (nSPS) is 26.6. The molecule has 2 atom stereocenters. The molecular weight excluding hydrogens is 256 g/mol. The van der Waals surface area contributed by atoms with Gasteiger partial charge in [0.2, 0.25) is 0 Å². The maximum atomic E-state index is 11.7. The standard InChI is InChI=1S/C15H30N2O3/c1-5-17(9-10-20-6-2)13-7-8-15(11-13,14(18)19)16-12(3)4/h12-13,16H,5-11H2,1-4H3,(H,18,19). The molecular formula is C15H30N2O3. The molecule has 2 N–H and O–H groups in total. The molecule has 0 aromatic carbocycles. The molecule has 5 nitrogen and oxygen atoms in total. The Kier molecular flexibility index (Phi) is 6.92. The van der Waals surface area contributed by atoms with Crippen molar-refractivity contribution in [2.75, 3.05) is 26.3 Å². The first-order chi connectivity index (χ1) is 9.45. The van der Waals surface area contributed by atoms with E-state index in [2.05, 4.69) is 17.1 Å². The van der Waals surface area contributed by atoms with Gasteiger partial charge in [-0.05, 0) is 46.6 Å². The molecule has 0 aliphatic heterocycles. The smallest absolute Gasteiger partial charge is 0.323 e. The second kappa shape index (κ2) is 7.96. The fourth-order valence-electron chi connectivity index (χ4n) is 3.20. The summed E-state index contributed by atoms with van der Waals surface area (Å²) in [4.78, 5) is 14.0. The van der Waals surface area contributed by atoms with Gasteiger partial charge >= 0.3 is 5.97 Å². The molecule has 0 saturated heterocycles. The second-order valence-corrected chi connectivity index (χ2v) is 5.91. The molecule has 2 unspecified atom stereocenters. The highest BCUT2D eigenvalue weighted by molar-refractivity contribution is 5.79. The molecule has 0 radical (unpaired) electrons. The highest BCUT2D eigenvalue weighted by atomic mass is 16.5. The van der Waals surface area contributed by atoms with Crippen molar-refractivity contribution in [3.8, 4) is 0 Å². The average Bonchev–Trinajstić information content (AvgIpc) is 2.79. The molecule has 0 spiro atoms. The molecule has 1 fully saturated rings. The van der Waals surface area contributed by atoms with Crippen molar-refractivity contribution in [3.05, 3.63) is 0 Å². The van der Waals surface area contributed by atoms with Gasteiger partial charge in [0.1, 0.15) is 5.54 Å². The van der Waals surface area contributed by atoms with Gasteiger partial charge in [-0.15, -0.1) is 0 Å².